The van der Waals surface area contributed by atoms with E-state index in [2.05, 4.69) is 10.2 Å². The second-order valence-corrected chi connectivity index (χ2v) is 7.86. The highest BCUT2D eigenvalue weighted by atomic mass is 16.2. The Hall–Kier alpha value is -1.10. The first-order chi connectivity index (χ1) is 11.6. The van der Waals surface area contributed by atoms with Crippen LogP contribution in [-0.2, 0) is 9.59 Å². The summed E-state index contributed by atoms with van der Waals surface area (Å²) in [6.45, 7) is 5.57. The van der Waals surface area contributed by atoms with Gasteiger partial charge in [-0.2, -0.15) is 0 Å². The van der Waals surface area contributed by atoms with E-state index in [4.69, 9.17) is 0 Å². The third-order valence-corrected chi connectivity index (χ3v) is 6.14. The number of rotatable bonds is 4. The molecule has 136 valence electrons. The molecule has 3 rings (SSSR count). The van der Waals surface area contributed by atoms with E-state index in [9.17, 15) is 9.59 Å². The van der Waals surface area contributed by atoms with Crippen molar-refractivity contribution in [2.24, 2.45) is 5.92 Å². The van der Waals surface area contributed by atoms with Gasteiger partial charge in [0.1, 0.15) is 6.04 Å². The molecule has 0 aromatic rings. The quantitative estimate of drug-likeness (QED) is 0.856. The van der Waals surface area contributed by atoms with Gasteiger partial charge in [0.25, 0.3) is 0 Å². The lowest BCUT2D eigenvalue weighted by Crippen LogP contribution is -2.49. The molecule has 0 radical (unpaired) electrons. The standard InChI is InChI=1S/C19H33N3O2/c1-15(20-18(23)16-7-2-3-8-16)19(24)22-12-6-11-21(13-14-22)17-9-4-5-10-17/h15-17H,2-14H2,1H3,(H,20,23). The van der Waals surface area contributed by atoms with Gasteiger partial charge in [-0.05, 0) is 39.0 Å². The molecule has 2 saturated carbocycles. The van der Waals surface area contributed by atoms with Gasteiger partial charge in [0.2, 0.25) is 11.8 Å². The minimum atomic E-state index is -0.392. The van der Waals surface area contributed by atoms with Crippen LogP contribution in [0.15, 0.2) is 0 Å². The van der Waals surface area contributed by atoms with E-state index in [1.165, 1.54) is 25.7 Å². The highest BCUT2D eigenvalue weighted by Crippen LogP contribution is 2.25. The van der Waals surface area contributed by atoms with E-state index >= 15 is 0 Å². The Morgan fingerprint density at radius 3 is 2.25 bits per heavy atom. The molecule has 5 nitrogen and oxygen atoms in total. The van der Waals surface area contributed by atoms with Crippen LogP contribution in [0.5, 0.6) is 0 Å². The molecule has 2 amide bonds. The first-order valence-electron chi connectivity index (χ1n) is 9.98. The zero-order valence-corrected chi connectivity index (χ0v) is 15.1. The third-order valence-electron chi connectivity index (χ3n) is 6.14. The van der Waals surface area contributed by atoms with Gasteiger partial charge in [0.05, 0.1) is 0 Å². The molecule has 3 aliphatic rings. The fourth-order valence-electron chi connectivity index (χ4n) is 4.65. The Kier molecular flexibility index (Phi) is 6.14. The van der Waals surface area contributed by atoms with Gasteiger partial charge in [-0.1, -0.05) is 25.7 Å². The first kappa shape index (κ1) is 17.7. The lowest BCUT2D eigenvalue weighted by Gasteiger charge is -2.28. The van der Waals surface area contributed by atoms with Gasteiger partial charge in [-0.15, -0.1) is 0 Å². The first-order valence-corrected chi connectivity index (χ1v) is 9.98. The summed E-state index contributed by atoms with van der Waals surface area (Å²) in [5, 5.41) is 2.96. The monoisotopic (exact) mass is 335 g/mol. The number of hydrogen-bond donors (Lipinski definition) is 1. The molecular weight excluding hydrogens is 302 g/mol. The molecule has 1 N–H and O–H groups in total. The van der Waals surface area contributed by atoms with Gasteiger partial charge >= 0.3 is 0 Å². The third kappa shape index (κ3) is 4.29. The van der Waals surface area contributed by atoms with E-state index in [0.29, 0.717) is 0 Å². The summed E-state index contributed by atoms with van der Waals surface area (Å²) in [4.78, 5) is 29.5. The minimum absolute atomic E-state index is 0.0794. The molecule has 1 heterocycles. The van der Waals surface area contributed by atoms with Crippen molar-refractivity contribution in [2.45, 2.75) is 76.8 Å². The van der Waals surface area contributed by atoms with E-state index in [0.717, 1.165) is 64.3 Å². The summed E-state index contributed by atoms with van der Waals surface area (Å²) in [5.41, 5.74) is 0. The fraction of sp³-hybridized carbons (Fsp3) is 0.895. The molecule has 0 aromatic carbocycles. The Labute approximate surface area is 146 Å². The number of nitrogens with zero attached hydrogens (tertiary/aromatic N) is 2. The molecule has 0 bridgehead atoms. The molecule has 2 aliphatic carbocycles. The summed E-state index contributed by atoms with van der Waals surface area (Å²) in [5.74, 6) is 0.299. The maximum Gasteiger partial charge on any atom is 0.244 e. The zero-order chi connectivity index (χ0) is 16.9. The van der Waals surface area contributed by atoms with Gasteiger partial charge in [0.15, 0.2) is 0 Å². The van der Waals surface area contributed by atoms with Crippen LogP contribution < -0.4 is 5.32 Å². The molecule has 1 unspecified atom stereocenters. The number of nitrogens with one attached hydrogen (secondary N) is 1. The molecular formula is C19H33N3O2. The van der Waals surface area contributed by atoms with Gasteiger partial charge in [-0.3, -0.25) is 14.5 Å². The summed E-state index contributed by atoms with van der Waals surface area (Å²) >= 11 is 0. The second kappa shape index (κ2) is 8.32. The summed E-state index contributed by atoms with van der Waals surface area (Å²) in [7, 11) is 0. The van der Waals surface area contributed by atoms with Crippen LogP contribution in [0.1, 0.15) is 64.7 Å². The predicted octanol–water partition coefficient (Wildman–Crippen LogP) is 2.16. The average molecular weight is 335 g/mol. The lowest BCUT2D eigenvalue weighted by atomic mass is 10.1. The Balaban J connectivity index is 1.47. The summed E-state index contributed by atoms with van der Waals surface area (Å²) < 4.78 is 0. The minimum Gasteiger partial charge on any atom is -0.344 e. The molecule has 1 atom stereocenters. The van der Waals surface area contributed by atoms with Crippen LogP contribution in [0.25, 0.3) is 0 Å². The largest absolute Gasteiger partial charge is 0.344 e. The van der Waals surface area contributed by atoms with E-state index in [1.807, 2.05) is 11.8 Å². The molecule has 0 spiro atoms. The van der Waals surface area contributed by atoms with Crippen molar-refractivity contribution in [3.05, 3.63) is 0 Å². The SMILES string of the molecule is CC(NC(=O)C1CCCC1)C(=O)N1CCCN(C2CCCC2)CC1. The molecule has 5 heteroatoms. The van der Waals surface area contributed by atoms with Crippen molar-refractivity contribution in [2.75, 3.05) is 26.2 Å². The van der Waals surface area contributed by atoms with Crippen LogP contribution in [0.3, 0.4) is 0 Å². The Morgan fingerprint density at radius 1 is 0.875 bits per heavy atom. The molecule has 1 aliphatic heterocycles. The molecule has 3 fully saturated rings. The predicted molar refractivity (Wildman–Crippen MR) is 94.6 cm³/mol. The van der Waals surface area contributed by atoms with Gasteiger partial charge in [0, 0.05) is 38.1 Å². The Bertz CT molecular complexity index is 442. The van der Waals surface area contributed by atoms with Gasteiger partial charge < -0.3 is 10.2 Å². The number of hydrogen-bond acceptors (Lipinski definition) is 3. The average Bonchev–Trinajstić information content (AvgIpc) is 3.25. The van der Waals surface area contributed by atoms with E-state index in [1.54, 1.807) is 0 Å². The van der Waals surface area contributed by atoms with Crippen molar-refractivity contribution in [3.63, 3.8) is 0 Å². The number of carbonyl (C=O) groups is 2. The highest BCUT2D eigenvalue weighted by Gasteiger charge is 2.30. The highest BCUT2D eigenvalue weighted by molar-refractivity contribution is 5.88. The van der Waals surface area contributed by atoms with Crippen LogP contribution in [0.4, 0.5) is 0 Å². The Morgan fingerprint density at radius 2 is 1.54 bits per heavy atom. The molecule has 24 heavy (non-hydrogen) atoms. The second-order valence-electron chi connectivity index (χ2n) is 7.86. The smallest absolute Gasteiger partial charge is 0.244 e. The number of amides is 2. The van der Waals surface area contributed by atoms with Crippen LogP contribution in [0, 0.1) is 5.92 Å². The van der Waals surface area contributed by atoms with Crippen molar-refractivity contribution < 1.29 is 9.59 Å². The van der Waals surface area contributed by atoms with Crippen molar-refractivity contribution in [1.82, 2.24) is 15.1 Å². The van der Waals surface area contributed by atoms with Crippen LogP contribution >= 0.6 is 0 Å². The maximum atomic E-state index is 12.7. The van der Waals surface area contributed by atoms with Crippen molar-refractivity contribution in [3.8, 4) is 0 Å². The van der Waals surface area contributed by atoms with Gasteiger partial charge in [-0.25, -0.2) is 0 Å². The van der Waals surface area contributed by atoms with E-state index < -0.39 is 6.04 Å². The van der Waals surface area contributed by atoms with Crippen LogP contribution in [0.2, 0.25) is 0 Å². The topological polar surface area (TPSA) is 52.7 Å². The fourth-order valence-corrected chi connectivity index (χ4v) is 4.65. The lowest BCUT2D eigenvalue weighted by molar-refractivity contribution is -0.136. The maximum absolute atomic E-state index is 12.7. The molecule has 1 saturated heterocycles. The molecule has 0 aromatic heterocycles. The normalized spacial score (nSPS) is 25.6. The van der Waals surface area contributed by atoms with Crippen molar-refractivity contribution >= 4 is 11.8 Å². The van der Waals surface area contributed by atoms with E-state index in [-0.39, 0.29) is 17.7 Å². The summed E-state index contributed by atoms with van der Waals surface area (Å²) in [6.07, 6.45) is 10.6. The number of carbonyl (C=O) groups excluding carboxylic acids is 2. The zero-order valence-electron chi connectivity index (χ0n) is 15.1. The van der Waals surface area contributed by atoms with Crippen LogP contribution in [-0.4, -0.2) is 59.9 Å². The summed E-state index contributed by atoms with van der Waals surface area (Å²) in [6, 6.07) is 0.343. The van der Waals surface area contributed by atoms with Crippen molar-refractivity contribution in [1.29, 1.82) is 0 Å².